The van der Waals surface area contributed by atoms with Gasteiger partial charge in [0.1, 0.15) is 11.4 Å². The fourth-order valence-corrected chi connectivity index (χ4v) is 7.01. The number of hydrogen-bond donors (Lipinski definition) is 2. The molecule has 13 heteroatoms. The van der Waals surface area contributed by atoms with Crippen LogP contribution in [0.2, 0.25) is 10.0 Å². The highest BCUT2D eigenvalue weighted by Crippen LogP contribution is 2.42. The first-order chi connectivity index (χ1) is 23.4. The van der Waals surface area contributed by atoms with Gasteiger partial charge in [0.15, 0.2) is 0 Å². The van der Waals surface area contributed by atoms with Gasteiger partial charge in [0, 0.05) is 67.5 Å². The molecule has 4 heterocycles. The molecule has 6 rings (SSSR count). The van der Waals surface area contributed by atoms with E-state index in [2.05, 4.69) is 20.5 Å². The molecule has 48 heavy (non-hydrogen) atoms. The molecular weight excluding hydrogens is 653 g/mol. The van der Waals surface area contributed by atoms with Crippen LogP contribution in [-0.2, 0) is 22.6 Å². The van der Waals surface area contributed by atoms with E-state index < -0.39 is 0 Å². The summed E-state index contributed by atoms with van der Waals surface area (Å²) in [6, 6.07) is 11.9. The maximum atomic E-state index is 11.5. The molecule has 2 fully saturated rings. The van der Waals surface area contributed by atoms with Gasteiger partial charge in [0.2, 0.25) is 17.7 Å². The lowest BCUT2D eigenvalue weighted by molar-refractivity contribution is -0.119. The van der Waals surface area contributed by atoms with Crippen molar-refractivity contribution in [1.29, 1.82) is 0 Å². The Bertz CT molecular complexity index is 1780. The van der Waals surface area contributed by atoms with Gasteiger partial charge >= 0.3 is 0 Å². The van der Waals surface area contributed by atoms with Crippen LogP contribution in [0.25, 0.3) is 33.6 Å². The molecule has 252 valence electrons. The summed E-state index contributed by atoms with van der Waals surface area (Å²) in [5, 5.41) is 7.26. The predicted octanol–water partition coefficient (Wildman–Crippen LogP) is 5.57. The number of aromatic nitrogens is 4. The Morgan fingerprint density at radius 3 is 2.06 bits per heavy atom. The third-order valence-electron chi connectivity index (χ3n) is 8.83. The Morgan fingerprint density at radius 1 is 0.875 bits per heavy atom. The number of hydrogen-bond acceptors (Lipinski definition) is 10. The zero-order valence-corrected chi connectivity index (χ0v) is 28.8. The van der Waals surface area contributed by atoms with Crippen molar-refractivity contribution in [1.82, 2.24) is 35.5 Å². The second kappa shape index (κ2) is 15.6. The van der Waals surface area contributed by atoms with Gasteiger partial charge in [-0.15, -0.1) is 0 Å². The number of rotatable bonds is 13. The Labute approximate surface area is 290 Å². The van der Waals surface area contributed by atoms with Crippen molar-refractivity contribution in [2.24, 2.45) is 0 Å². The van der Waals surface area contributed by atoms with Gasteiger partial charge in [-0.2, -0.15) is 0 Å². The molecule has 2 aliphatic rings. The van der Waals surface area contributed by atoms with Crippen LogP contribution in [-0.4, -0.2) is 83.9 Å². The first-order valence-corrected chi connectivity index (χ1v) is 16.8. The minimum atomic E-state index is 0.0865. The van der Waals surface area contributed by atoms with Crippen molar-refractivity contribution in [3.05, 3.63) is 70.2 Å². The molecule has 2 aliphatic heterocycles. The molecule has 0 saturated carbocycles. The number of nitrogens with zero attached hydrogens (tertiary/aromatic N) is 5. The molecule has 2 aromatic heterocycles. The summed E-state index contributed by atoms with van der Waals surface area (Å²) < 4.78 is 16.7. The number of methoxy groups -OCH3 is 3. The fraction of sp³-hybridized carbons (Fsp3) is 0.400. The van der Waals surface area contributed by atoms with E-state index >= 15 is 0 Å². The zero-order chi connectivity index (χ0) is 33.6. The molecule has 0 spiro atoms. The van der Waals surface area contributed by atoms with Gasteiger partial charge in [0.05, 0.1) is 54.7 Å². The molecule has 11 nitrogen and oxygen atoms in total. The molecule has 2 atom stereocenters. The number of carbonyl (C=O) groups is 1. The third kappa shape index (κ3) is 7.40. The average Bonchev–Trinajstić information content (AvgIpc) is 3.73. The monoisotopic (exact) mass is 691 g/mol. The van der Waals surface area contributed by atoms with E-state index in [1.807, 2.05) is 36.4 Å². The van der Waals surface area contributed by atoms with Crippen LogP contribution >= 0.6 is 23.2 Å². The Morgan fingerprint density at radius 2 is 1.48 bits per heavy atom. The maximum Gasteiger partial charge on any atom is 0.237 e. The SMILES string of the molecule is COC[C@H]1CCCN1Cc1ncc(-c2cccc(-c3cccc(-c4cnc(CNCC5CCC(=O)N5)c(OC)n4)c3Cl)c2Cl)nc1OC. The van der Waals surface area contributed by atoms with Crippen LogP contribution in [0, 0.1) is 0 Å². The van der Waals surface area contributed by atoms with Crippen LogP contribution in [0.15, 0.2) is 48.8 Å². The van der Waals surface area contributed by atoms with Crippen molar-refractivity contribution < 1.29 is 19.0 Å². The number of halogens is 2. The quantitative estimate of drug-likeness (QED) is 0.184. The van der Waals surface area contributed by atoms with Crippen LogP contribution in [0.4, 0.5) is 0 Å². The molecule has 1 unspecified atom stereocenters. The van der Waals surface area contributed by atoms with Crippen molar-refractivity contribution in [2.45, 2.75) is 50.9 Å². The molecule has 0 bridgehead atoms. The molecule has 2 aromatic carbocycles. The summed E-state index contributed by atoms with van der Waals surface area (Å²) in [7, 11) is 4.90. The van der Waals surface area contributed by atoms with Gasteiger partial charge < -0.3 is 24.8 Å². The van der Waals surface area contributed by atoms with E-state index in [0.717, 1.165) is 42.6 Å². The van der Waals surface area contributed by atoms with Gasteiger partial charge in [-0.3, -0.25) is 19.7 Å². The Balaban J connectivity index is 1.24. The van der Waals surface area contributed by atoms with Gasteiger partial charge in [-0.05, 0) is 25.8 Å². The fourth-order valence-electron chi connectivity index (χ4n) is 6.36. The molecule has 2 saturated heterocycles. The third-order valence-corrected chi connectivity index (χ3v) is 9.64. The van der Waals surface area contributed by atoms with Crippen molar-refractivity contribution in [3.63, 3.8) is 0 Å². The summed E-state index contributed by atoms with van der Waals surface area (Å²) >= 11 is 14.1. The Kier molecular flexibility index (Phi) is 11.0. The number of ether oxygens (including phenoxy) is 3. The van der Waals surface area contributed by atoms with E-state index in [0.29, 0.717) is 88.7 Å². The second-order valence-electron chi connectivity index (χ2n) is 11.9. The first-order valence-electron chi connectivity index (χ1n) is 16.0. The van der Waals surface area contributed by atoms with Crippen LogP contribution in [0.5, 0.6) is 11.8 Å². The maximum absolute atomic E-state index is 11.5. The molecule has 0 aliphatic carbocycles. The zero-order valence-electron chi connectivity index (χ0n) is 27.3. The summed E-state index contributed by atoms with van der Waals surface area (Å²) in [6.07, 6.45) is 7.02. The molecular formula is C35H39Cl2N7O4. The lowest BCUT2D eigenvalue weighted by atomic mass is 9.98. The average molecular weight is 693 g/mol. The number of nitrogens with one attached hydrogen (secondary N) is 2. The standard InChI is InChI=1S/C35H39Cl2N7O4/c1-46-20-22-7-6-14-44(22)19-30-35(48-3)43-28(18-40-30)26-11-5-9-24(33(26)37)23-8-4-10-25(32(23)36)27-17-39-29(34(42-27)47-2)16-38-15-21-12-13-31(45)41-21/h4-5,8-11,17-18,21-22,38H,6-7,12-16,19-20H2,1-3H3,(H,41,45)/t21?,22-/m1/s1. The van der Waals surface area contributed by atoms with Crippen molar-refractivity contribution >= 4 is 29.1 Å². The number of likely N-dealkylation sites (tertiary alicyclic amines) is 1. The number of benzene rings is 2. The van der Waals surface area contributed by atoms with Crippen LogP contribution in [0.1, 0.15) is 37.1 Å². The minimum absolute atomic E-state index is 0.0865. The summed E-state index contributed by atoms with van der Waals surface area (Å²) in [6.45, 7) is 3.39. The smallest absolute Gasteiger partial charge is 0.237 e. The van der Waals surface area contributed by atoms with Gasteiger partial charge in [-0.1, -0.05) is 59.6 Å². The number of carbonyl (C=O) groups excluding carboxylic acids is 1. The molecule has 1 amide bonds. The van der Waals surface area contributed by atoms with Gasteiger partial charge in [0.25, 0.3) is 0 Å². The highest BCUT2D eigenvalue weighted by molar-refractivity contribution is 6.39. The second-order valence-corrected chi connectivity index (χ2v) is 12.7. The van der Waals surface area contributed by atoms with Crippen LogP contribution < -0.4 is 20.1 Å². The lowest BCUT2D eigenvalue weighted by Gasteiger charge is -2.24. The van der Waals surface area contributed by atoms with E-state index in [-0.39, 0.29) is 11.9 Å². The van der Waals surface area contributed by atoms with E-state index in [1.165, 1.54) is 0 Å². The normalized spacial score (nSPS) is 17.9. The topological polar surface area (TPSA) is 124 Å². The number of amides is 1. The minimum Gasteiger partial charge on any atom is -0.480 e. The van der Waals surface area contributed by atoms with E-state index in [1.54, 1.807) is 33.7 Å². The highest BCUT2D eigenvalue weighted by Gasteiger charge is 2.27. The van der Waals surface area contributed by atoms with Gasteiger partial charge in [-0.25, -0.2) is 9.97 Å². The molecule has 0 radical (unpaired) electrons. The first kappa shape index (κ1) is 34.0. The van der Waals surface area contributed by atoms with Crippen molar-refractivity contribution in [2.75, 3.05) is 41.0 Å². The lowest BCUT2D eigenvalue weighted by Crippen LogP contribution is -2.35. The molecule has 4 aromatic rings. The predicted molar refractivity (Wildman–Crippen MR) is 185 cm³/mol. The van der Waals surface area contributed by atoms with E-state index in [4.69, 9.17) is 52.4 Å². The summed E-state index contributed by atoms with van der Waals surface area (Å²) in [4.78, 5) is 32.8. The molecule has 2 N–H and O–H groups in total. The Hall–Kier alpha value is -3.87. The largest absolute Gasteiger partial charge is 0.480 e. The van der Waals surface area contributed by atoms with E-state index in [9.17, 15) is 4.79 Å². The summed E-state index contributed by atoms with van der Waals surface area (Å²) in [5.74, 6) is 0.948. The highest BCUT2D eigenvalue weighted by atomic mass is 35.5. The summed E-state index contributed by atoms with van der Waals surface area (Å²) in [5.41, 5.74) is 5.47. The van der Waals surface area contributed by atoms with Crippen LogP contribution in [0.3, 0.4) is 0 Å². The van der Waals surface area contributed by atoms with Crippen molar-refractivity contribution in [3.8, 4) is 45.4 Å².